The third-order valence-corrected chi connectivity index (χ3v) is 7.41. The maximum Gasteiger partial charge on any atom is 0.244 e. The number of nitrogens with zero attached hydrogens (tertiary/aromatic N) is 2. The van der Waals surface area contributed by atoms with Crippen LogP contribution in [0.2, 0.25) is 10.0 Å². The SMILES string of the molecule is CC(C)c1ccc(N(CC(=O)N(Cc2ccc(Cl)c(Cl)c2)[C@H](C)C(=O)NC(C)(C)C)S(C)(=O)=O)cc1. The van der Waals surface area contributed by atoms with Crippen molar-refractivity contribution in [3.05, 3.63) is 63.6 Å². The van der Waals surface area contributed by atoms with Crippen LogP contribution in [0.5, 0.6) is 0 Å². The van der Waals surface area contributed by atoms with Gasteiger partial charge >= 0.3 is 0 Å². The molecule has 10 heteroatoms. The summed E-state index contributed by atoms with van der Waals surface area (Å²) in [7, 11) is -3.79. The minimum absolute atomic E-state index is 0.0400. The van der Waals surface area contributed by atoms with Gasteiger partial charge in [-0.2, -0.15) is 0 Å². The Bertz CT molecular complexity index is 1190. The molecule has 0 aliphatic heterocycles. The number of carbonyl (C=O) groups is 2. The third-order valence-electron chi connectivity index (χ3n) is 5.53. The van der Waals surface area contributed by atoms with Gasteiger partial charge in [-0.25, -0.2) is 8.42 Å². The molecule has 0 heterocycles. The second kappa shape index (κ2) is 11.8. The summed E-state index contributed by atoms with van der Waals surface area (Å²) in [5.74, 6) is -0.615. The van der Waals surface area contributed by atoms with Crippen molar-refractivity contribution in [2.75, 3.05) is 17.1 Å². The maximum atomic E-state index is 13.6. The number of carbonyl (C=O) groups excluding carboxylic acids is 2. The minimum Gasteiger partial charge on any atom is -0.350 e. The predicted octanol–water partition coefficient (Wildman–Crippen LogP) is 5.21. The molecular weight excluding hydrogens is 521 g/mol. The summed E-state index contributed by atoms with van der Waals surface area (Å²) in [4.78, 5) is 27.9. The Kier molecular flexibility index (Phi) is 9.84. The summed E-state index contributed by atoms with van der Waals surface area (Å²) >= 11 is 12.2. The van der Waals surface area contributed by atoms with Crippen molar-refractivity contribution in [1.82, 2.24) is 10.2 Å². The van der Waals surface area contributed by atoms with Gasteiger partial charge in [-0.05, 0) is 69.0 Å². The number of halogens is 2. The Morgan fingerprint density at radius 2 is 1.56 bits per heavy atom. The van der Waals surface area contributed by atoms with E-state index in [1.165, 1.54) is 4.90 Å². The van der Waals surface area contributed by atoms with Gasteiger partial charge in [0.15, 0.2) is 0 Å². The monoisotopic (exact) mass is 555 g/mol. The summed E-state index contributed by atoms with van der Waals surface area (Å²) in [6.45, 7) is 10.8. The largest absolute Gasteiger partial charge is 0.350 e. The highest BCUT2D eigenvalue weighted by Gasteiger charge is 2.31. The van der Waals surface area contributed by atoms with Crippen LogP contribution < -0.4 is 9.62 Å². The number of amides is 2. The summed E-state index contributed by atoms with van der Waals surface area (Å²) < 4.78 is 26.4. The molecule has 198 valence electrons. The molecule has 7 nitrogen and oxygen atoms in total. The molecule has 0 saturated heterocycles. The Labute approximate surface area is 224 Å². The smallest absolute Gasteiger partial charge is 0.244 e. The zero-order valence-electron chi connectivity index (χ0n) is 21.8. The average molecular weight is 557 g/mol. The zero-order chi connectivity index (χ0) is 27.4. The van der Waals surface area contributed by atoms with Crippen molar-refractivity contribution in [2.24, 2.45) is 0 Å². The number of anilines is 1. The predicted molar refractivity (Wildman–Crippen MR) is 147 cm³/mol. The summed E-state index contributed by atoms with van der Waals surface area (Å²) in [5.41, 5.74) is 1.56. The van der Waals surface area contributed by atoms with E-state index in [0.717, 1.165) is 16.1 Å². The lowest BCUT2D eigenvalue weighted by Gasteiger charge is -2.33. The van der Waals surface area contributed by atoms with Gasteiger partial charge in [0.25, 0.3) is 0 Å². The second-order valence-corrected chi connectivity index (χ2v) is 12.9. The lowest BCUT2D eigenvalue weighted by atomic mass is 10.0. The fourth-order valence-electron chi connectivity index (χ4n) is 3.53. The van der Waals surface area contributed by atoms with Crippen molar-refractivity contribution in [3.63, 3.8) is 0 Å². The molecule has 0 unspecified atom stereocenters. The molecule has 0 fully saturated rings. The first-order valence-electron chi connectivity index (χ1n) is 11.6. The quantitative estimate of drug-likeness (QED) is 0.459. The van der Waals surface area contributed by atoms with Gasteiger partial charge in [0.1, 0.15) is 12.6 Å². The molecule has 0 aliphatic carbocycles. The van der Waals surface area contributed by atoms with Crippen LogP contribution in [0.3, 0.4) is 0 Å². The van der Waals surface area contributed by atoms with E-state index in [1.807, 2.05) is 46.8 Å². The topological polar surface area (TPSA) is 86.8 Å². The van der Waals surface area contributed by atoms with Gasteiger partial charge in [0.2, 0.25) is 21.8 Å². The van der Waals surface area contributed by atoms with Gasteiger partial charge in [-0.1, -0.05) is 55.2 Å². The first-order chi connectivity index (χ1) is 16.5. The van der Waals surface area contributed by atoms with Crippen molar-refractivity contribution in [3.8, 4) is 0 Å². The normalized spacial score (nSPS) is 12.8. The summed E-state index contributed by atoms with van der Waals surface area (Å²) in [6.07, 6.45) is 1.05. The molecule has 0 radical (unpaired) electrons. The molecule has 36 heavy (non-hydrogen) atoms. The third kappa shape index (κ3) is 8.39. The molecular formula is C26H35Cl2N3O4S. The molecule has 0 aromatic heterocycles. The Morgan fingerprint density at radius 1 is 0.972 bits per heavy atom. The molecule has 2 aromatic carbocycles. The molecule has 0 saturated carbocycles. The van der Waals surface area contributed by atoms with Crippen molar-refractivity contribution < 1.29 is 18.0 Å². The van der Waals surface area contributed by atoms with Crippen molar-refractivity contribution in [1.29, 1.82) is 0 Å². The average Bonchev–Trinajstić information content (AvgIpc) is 2.75. The van der Waals surface area contributed by atoms with Crippen LogP contribution in [0.15, 0.2) is 42.5 Å². The molecule has 0 bridgehead atoms. The molecule has 2 rings (SSSR count). The van der Waals surface area contributed by atoms with E-state index in [1.54, 1.807) is 37.3 Å². The van der Waals surface area contributed by atoms with Crippen LogP contribution in [0.25, 0.3) is 0 Å². The molecule has 0 spiro atoms. The zero-order valence-corrected chi connectivity index (χ0v) is 24.1. The van der Waals surface area contributed by atoms with Gasteiger partial charge in [-0.15, -0.1) is 0 Å². The van der Waals surface area contributed by atoms with E-state index < -0.39 is 34.1 Å². The van der Waals surface area contributed by atoms with E-state index in [4.69, 9.17) is 23.2 Å². The van der Waals surface area contributed by atoms with Crippen LogP contribution in [-0.4, -0.2) is 49.5 Å². The van der Waals surface area contributed by atoms with Gasteiger partial charge < -0.3 is 10.2 Å². The van der Waals surface area contributed by atoms with E-state index in [-0.39, 0.29) is 18.4 Å². The number of benzene rings is 2. The van der Waals surface area contributed by atoms with Crippen LogP contribution in [-0.2, 0) is 26.2 Å². The highest BCUT2D eigenvalue weighted by Crippen LogP contribution is 2.25. The number of sulfonamides is 1. The van der Waals surface area contributed by atoms with Crippen molar-refractivity contribution in [2.45, 2.75) is 65.6 Å². The second-order valence-electron chi connectivity index (χ2n) is 10.2. The Hall–Kier alpha value is -2.29. The lowest BCUT2D eigenvalue weighted by Crippen LogP contribution is -2.54. The lowest BCUT2D eigenvalue weighted by molar-refractivity contribution is -0.140. The Balaban J connectivity index is 2.43. The van der Waals surface area contributed by atoms with Crippen LogP contribution in [0.4, 0.5) is 5.69 Å². The maximum absolute atomic E-state index is 13.6. The fraction of sp³-hybridized carbons (Fsp3) is 0.462. The summed E-state index contributed by atoms with van der Waals surface area (Å²) in [6, 6.07) is 11.1. The van der Waals surface area contributed by atoms with E-state index in [0.29, 0.717) is 21.3 Å². The number of nitrogens with one attached hydrogen (secondary N) is 1. The first-order valence-corrected chi connectivity index (χ1v) is 14.2. The first kappa shape index (κ1) is 29.9. The van der Waals surface area contributed by atoms with E-state index in [2.05, 4.69) is 5.32 Å². The summed E-state index contributed by atoms with van der Waals surface area (Å²) in [5, 5.41) is 3.56. The van der Waals surface area contributed by atoms with Crippen molar-refractivity contribution >= 4 is 50.7 Å². The Morgan fingerprint density at radius 3 is 2.03 bits per heavy atom. The van der Waals surface area contributed by atoms with Gasteiger partial charge in [-0.3, -0.25) is 13.9 Å². The minimum atomic E-state index is -3.79. The van der Waals surface area contributed by atoms with Crippen LogP contribution in [0, 0.1) is 0 Å². The molecule has 0 aliphatic rings. The highest BCUT2D eigenvalue weighted by atomic mass is 35.5. The van der Waals surface area contributed by atoms with Crippen LogP contribution in [0.1, 0.15) is 58.6 Å². The van der Waals surface area contributed by atoms with Gasteiger partial charge in [0, 0.05) is 12.1 Å². The molecule has 2 amide bonds. The number of hydrogen-bond donors (Lipinski definition) is 1. The van der Waals surface area contributed by atoms with E-state index >= 15 is 0 Å². The standard InChI is InChI=1S/C26H35Cl2N3O4S/c1-17(2)20-9-11-21(12-10-20)31(36(7,34)35)16-24(32)30(18(3)25(33)29-26(4,5)6)15-19-8-13-22(27)23(28)14-19/h8-14,17-18H,15-16H2,1-7H3,(H,29,33)/t18-/m1/s1. The van der Waals surface area contributed by atoms with Gasteiger partial charge in [0.05, 0.1) is 22.0 Å². The number of hydrogen-bond acceptors (Lipinski definition) is 4. The van der Waals surface area contributed by atoms with E-state index in [9.17, 15) is 18.0 Å². The molecule has 2 aromatic rings. The highest BCUT2D eigenvalue weighted by molar-refractivity contribution is 7.92. The number of rotatable bonds is 9. The molecule has 1 atom stereocenters. The molecule has 1 N–H and O–H groups in total. The van der Waals surface area contributed by atoms with Crippen LogP contribution >= 0.6 is 23.2 Å². The fourth-order valence-corrected chi connectivity index (χ4v) is 4.70.